The van der Waals surface area contributed by atoms with Gasteiger partial charge in [-0.2, -0.15) is 17.6 Å². The van der Waals surface area contributed by atoms with E-state index in [9.17, 15) is 36.6 Å². The summed E-state index contributed by atoms with van der Waals surface area (Å²) in [5, 5.41) is 9.37. The van der Waals surface area contributed by atoms with Crippen LogP contribution in [-0.4, -0.2) is 14.7 Å². The molecule has 112 valence electrons. The molecule has 1 aromatic heterocycles. The molecule has 0 bridgehead atoms. The first-order chi connectivity index (χ1) is 9.62. The molecule has 21 heavy (non-hydrogen) atoms. The number of nitrogens with one attached hydrogen (secondary N) is 1. The Labute approximate surface area is 111 Å². The lowest BCUT2D eigenvalue weighted by molar-refractivity contribution is -0.140. The van der Waals surface area contributed by atoms with Crippen molar-refractivity contribution in [2.45, 2.75) is 6.18 Å². The minimum absolute atomic E-state index is 0.0748. The predicted molar refractivity (Wildman–Crippen MR) is 59.2 cm³/mol. The summed E-state index contributed by atoms with van der Waals surface area (Å²) in [5.74, 6) is -4.85. The van der Waals surface area contributed by atoms with Crippen molar-refractivity contribution in [2.75, 3.05) is 0 Å². The molecule has 0 aliphatic rings. The van der Waals surface area contributed by atoms with Crippen LogP contribution in [0.2, 0.25) is 0 Å². The van der Waals surface area contributed by atoms with Crippen LogP contribution in [0.15, 0.2) is 27.8 Å². The van der Waals surface area contributed by atoms with Crippen molar-refractivity contribution in [1.29, 1.82) is 0 Å². The zero-order valence-corrected chi connectivity index (χ0v) is 9.83. The van der Waals surface area contributed by atoms with Crippen LogP contribution in [0.5, 0.6) is 5.88 Å². The van der Waals surface area contributed by atoms with Crippen LogP contribution in [0.3, 0.4) is 0 Å². The van der Waals surface area contributed by atoms with Crippen LogP contribution in [0, 0.1) is 11.6 Å². The second kappa shape index (κ2) is 4.72. The highest BCUT2D eigenvalue weighted by atomic mass is 19.4. The van der Waals surface area contributed by atoms with Crippen molar-refractivity contribution >= 4 is 0 Å². The third-order valence-corrected chi connectivity index (χ3v) is 2.54. The number of benzene rings is 1. The summed E-state index contributed by atoms with van der Waals surface area (Å²) in [7, 11) is 0. The SMILES string of the molecule is O=c1[nH]c(=O)n(-c2ccc(F)c(C(F)(F)F)c2)c(O)c1F. The third kappa shape index (κ3) is 2.51. The predicted octanol–water partition coefficient (Wildman–Crippen LogP) is 1.53. The van der Waals surface area contributed by atoms with Gasteiger partial charge in [0.1, 0.15) is 5.82 Å². The minimum atomic E-state index is -5.06. The largest absolute Gasteiger partial charge is 0.492 e. The molecule has 2 N–H and O–H groups in total. The molecule has 2 rings (SSSR count). The lowest BCUT2D eigenvalue weighted by Gasteiger charge is -2.12. The first kappa shape index (κ1) is 14.8. The number of aromatic amines is 1. The van der Waals surface area contributed by atoms with Crippen molar-refractivity contribution in [1.82, 2.24) is 9.55 Å². The van der Waals surface area contributed by atoms with E-state index in [0.717, 1.165) is 0 Å². The summed E-state index contributed by atoms with van der Waals surface area (Å²) >= 11 is 0. The highest BCUT2D eigenvalue weighted by molar-refractivity contribution is 5.40. The maximum absolute atomic E-state index is 13.2. The zero-order chi connectivity index (χ0) is 15.9. The van der Waals surface area contributed by atoms with Crippen molar-refractivity contribution in [3.05, 3.63) is 56.2 Å². The Balaban J connectivity index is 2.78. The standard InChI is InChI=1S/C11H5F5N2O3/c12-6-2-1-4(3-5(6)11(14,15)16)18-9(20)7(13)8(19)17-10(18)21/h1-3,20H,(H,17,19,21). The molecule has 0 spiro atoms. The van der Waals surface area contributed by atoms with E-state index >= 15 is 0 Å². The monoisotopic (exact) mass is 308 g/mol. The molecule has 0 aliphatic heterocycles. The average Bonchev–Trinajstić information content (AvgIpc) is 2.36. The number of hydrogen-bond acceptors (Lipinski definition) is 3. The van der Waals surface area contributed by atoms with Crippen LogP contribution in [0.1, 0.15) is 5.56 Å². The number of rotatable bonds is 1. The van der Waals surface area contributed by atoms with E-state index in [0.29, 0.717) is 12.1 Å². The van der Waals surface area contributed by atoms with Crippen LogP contribution in [0.25, 0.3) is 5.69 Å². The van der Waals surface area contributed by atoms with Crippen molar-refractivity contribution in [3.8, 4) is 11.6 Å². The van der Waals surface area contributed by atoms with Gasteiger partial charge in [0.15, 0.2) is 0 Å². The third-order valence-electron chi connectivity index (χ3n) is 2.54. The number of aromatic hydroxyl groups is 1. The van der Waals surface area contributed by atoms with Gasteiger partial charge in [-0.3, -0.25) is 9.78 Å². The Bertz CT molecular complexity index is 822. The van der Waals surface area contributed by atoms with E-state index in [1.54, 1.807) is 0 Å². The summed E-state index contributed by atoms with van der Waals surface area (Å²) in [6.45, 7) is 0. The summed E-state index contributed by atoms with van der Waals surface area (Å²) in [6.07, 6.45) is -5.06. The van der Waals surface area contributed by atoms with Gasteiger partial charge in [0.05, 0.1) is 11.3 Å². The van der Waals surface area contributed by atoms with Crippen LogP contribution in [-0.2, 0) is 6.18 Å². The van der Waals surface area contributed by atoms with Crippen LogP contribution < -0.4 is 11.2 Å². The molecule has 0 atom stereocenters. The molecule has 1 aromatic carbocycles. The molecule has 0 aliphatic carbocycles. The first-order valence-corrected chi connectivity index (χ1v) is 5.24. The highest BCUT2D eigenvalue weighted by Crippen LogP contribution is 2.32. The van der Waals surface area contributed by atoms with E-state index in [4.69, 9.17) is 0 Å². The van der Waals surface area contributed by atoms with Crippen LogP contribution in [0.4, 0.5) is 22.0 Å². The molecule has 0 fully saturated rings. The fourth-order valence-corrected chi connectivity index (χ4v) is 1.61. The van der Waals surface area contributed by atoms with Crippen LogP contribution >= 0.6 is 0 Å². The Morgan fingerprint density at radius 3 is 2.33 bits per heavy atom. The number of hydrogen-bond donors (Lipinski definition) is 2. The van der Waals surface area contributed by atoms with Gasteiger partial charge in [-0.1, -0.05) is 0 Å². The molecule has 0 unspecified atom stereocenters. The molecule has 2 aromatic rings. The van der Waals surface area contributed by atoms with Crippen molar-refractivity contribution in [3.63, 3.8) is 0 Å². The minimum Gasteiger partial charge on any atom is -0.492 e. The molecule has 0 saturated heterocycles. The fourth-order valence-electron chi connectivity index (χ4n) is 1.61. The second-order valence-electron chi connectivity index (χ2n) is 3.89. The molecule has 1 heterocycles. The summed E-state index contributed by atoms with van der Waals surface area (Å²) in [5.41, 5.74) is -5.29. The molecule has 0 radical (unpaired) electrons. The summed E-state index contributed by atoms with van der Waals surface area (Å²) in [6, 6.07) is 1.31. The number of halogens is 5. The molecule has 0 amide bonds. The van der Waals surface area contributed by atoms with Gasteiger partial charge in [-0.05, 0) is 18.2 Å². The first-order valence-electron chi connectivity index (χ1n) is 5.24. The number of aromatic nitrogens is 2. The zero-order valence-electron chi connectivity index (χ0n) is 9.83. The fraction of sp³-hybridized carbons (Fsp3) is 0.0909. The number of H-pyrrole nitrogens is 1. The Morgan fingerprint density at radius 1 is 1.14 bits per heavy atom. The van der Waals surface area contributed by atoms with Gasteiger partial charge in [-0.15, -0.1) is 0 Å². The van der Waals surface area contributed by atoms with Gasteiger partial charge in [0.25, 0.3) is 5.56 Å². The Hall–Kier alpha value is -2.65. The maximum atomic E-state index is 13.2. The Kier molecular flexibility index (Phi) is 3.32. The van der Waals surface area contributed by atoms with E-state index < -0.39 is 46.2 Å². The van der Waals surface area contributed by atoms with E-state index in [-0.39, 0.29) is 10.6 Å². The smallest absolute Gasteiger partial charge is 0.419 e. The Morgan fingerprint density at radius 2 is 1.76 bits per heavy atom. The second-order valence-corrected chi connectivity index (χ2v) is 3.89. The van der Waals surface area contributed by atoms with Gasteiger partial charge in [0.2, 0.25) is 11.7 Å². The summed E-state index contributed by atoms with van der Waals surface area (Å²) in [4.78, 5) is 23.8. The lowest BCUT2D eigenvalue weighted by Crippen LogP contribution is -2.31. The van der Waals surface area contributed by atoms with Crippen molar-refractivity contribution in [2.24, 2.45) is 0 Å². The quantitative estimate of drug-likeness (QED) is 0.785. The number of alkyl halides is 3. The van der Waals surface area contributed by atoms with Gasteiger partial charge >= 0.3 is 11.9 Å². The van der Waals surface area contributed by atoms with Crippen molar-refractivity contribution < 1.29 is 27.1 Å². The molecule has 5 nitrogen and oxygen atoms in total. The lowest BCUT2D eigenvalue weighted by atomic mass is 10.1. The van der Waals surface area contributed by atoms with Gasteiger partial charge < -0.3 is 5.11 Å². The van der Waals surface area contributed by atoms with Gasteiger partial charge in [0, 0.05) is 0 Å². The topological polar surface area (TPSA) is 75.1 Å². The average molecular weight is 308 g/mol. The summed E-state index contributed by atoms with van der Waals surface area (Å²) < 4.78 is 64.1. The number of nitrogens with zero attached hydrogens (tertiary/aromatic N) is 1. The van der Waals surface area contributed by atoms with E-state index in [2.05, 4.69) is 0 Å². The van der Waals surface area contributed by atoms with E-state index in [1.807, 2.05) is 0 Å². The van der Waals surface area contributed by atoms with E-state index in [1.165, 1.54) is 4.98 Å². The highest BCUT2D eigenvalue weighted by Gasteiger charge is 2.34. The molecule has 10 heteroatoms. The van der Waals surface area contributed by atoms with Gasteiger partial charge in [-0.25, -0.2) is 13.8 Å². The maximum Gasteiger partial charge on any atom is 0.419 e. The molecule has 0 saturated carbocycles. The normalized spacial score (nSPS) is 11.7. The molecular weight excluding hydrogens is 303 g/mol. The molecular formula is C11H5F5N2O3.